The lowest BCUT2D eigenvalue weighted by molar-refractivity contribution is -0.143. The van der Waals surface area contributed by atoms with Crippen molar-refractivity contribution in [3.05, 3.63) is 87.7 Å². The molecule has 4 atom stereocenters. The third-order valence-electron chi connectivity index (χ3n) is 7.93. The summed E-state index contributed by atoms with van der Waals surface area (Å²) in [5.41, 5.74) is 0.139. The molecule has 0 saturated carbocycles. The molecule has 0 bridgehead atoms. The highest BCUT2D eigenvalue weighted by atomic mass is 35.5. The number of ether oxygens (including phenoxy) is 2. The van der Waals surface area contributed by atoms with E-state index in [4.69, 9.17) is 27.9 Å². The van der Waals surface area contributed by atoms with Crippen LogP contribution in [-0.4, -0.2) is 43.6 Å². The molecule has 226 valence electrons. The lowest BCUT2D eigenvalue weighted by atomic mass is 9.62. The van der Waals surface area contributed by atoms with Crippen LogP contribution in [0.1, 0.15) is 44.2 Å². The van der Waals surface area contributed by atoms with E-state index in [1.807, 2.05) is 20.8 Å². The van der Waals surface area contributed by atoms with Crippen LogP contribution < -0.4 is 20.7 Å². The molecule has 0 aliphatic carbocycles. The zero-order valence-corrected chi connectivity index (χ0v) is 25.6. The number of rotatable bonds is 7. The van der Waals surface area contributed by atoms with Crippen molar-refractivity contribution in [3.63, 3.8) is 0 Å². The quantitative estimate of drug-likeness (QED) is 0.274. The number of anilines is 2. The van der Waals surface area contributed by atoms with E-state index < -0.39 is 41.1 Å². The zero-order chi connectivity index (χ0) is 31.1. The molecule has 1 saturated heterocycles. The summed E-state index contributed by atoms with van der Waals surface area (Å²) in [6, 6.07) is 14.6. The summed E-state index contributed by atoms with van der Waals surface area (Å²) in [7, 11) is 1.27. The minimum absolute atomic E-state index is 0.108. The summed E-state index contributed by atoms with van der Waals surface area (Å²) in [6.07, 6.45) is 0.497. The fourth-order valence-corrected chi connectivity index (χ4v) is 6.56. The van der Waals surface area contributed by atoms with Crippen molar-refractivity contribution in [3.8, 4) is 5.75 Å². The summed E-state index contributed by atoms with van der Waals surface area (Å²) < 4.78 is 25.9. The minimum atomic E-state index is -1.35. The molecule has 2 amide bonds. The predicted octanol–water partition coefficient (Wildman–Crippen LogP) is 6.07. The van der Waals surface area contributed by atoms with Gasteiger partial charge in [0.1, 0.15) is 17.0 Å². The third-order valence-corrected chi connectivity index (χ3v) is 8.45. The number of nitrogens with one attached hydrogen (secondary N) is 3. The Hall–Kier alpha value is -3.66. The van der Waals surface area contributed by atoms with Gasteiger partial charge in [-0.25, -0.2) is 9.18 Å². The Morgan fingerprint density at radius 2 is 1.79 bits per heavy atom. The zero-order valence-electron chi connectivity index (χ0n) is 24.1. The second-order valence-electron chi connectivity index (χ2n) is 12.0. The van der Waals surface area contributed by atoms with Crippen LogP contribution >= 0.6 is 23.2 Å². The van der Waals surface area contributed by atoms with Gasteiger partial charge in [0.2, 0.25) is 11.8 Å². The highest BCUT2D eigenvalue weighted by Gasteiger charge is 2.66. The molecule has 2 aliphatic heterocycles. The van der Waals surface area contributed by atoms with Crippen LogP contribution in [0, 0.1) is 11.2 Å². The van der Waals surface area contributed by atoms with Gasteiger partial charge in [0.15, 0.2) is 6.61 Å². The smallest absolute Gasteiger partial charge is 0.343 e. The van der Waals surface area contributed by atoms with Crippen LogP contribution in [0.2, 0.25) is 10.0 Å². The summed E-state index contributed by atoms with van der Waals surface area (Å²) in [4.78, 5) is 39.7. The molecular formula is C32H32Cl2FN3O5. The fourth-order valence-electron chi connectivity index (χ4n) is 6.21. The molecule has 2 aliphatic rings. The first-order chi connectivity index (χ1) is 20.3. The van der Waals surface area contributed by atoms with Gasteiger partial charge in [-0.1, -0.05) is 62.2 Å². The number of carbonyl (C=O) groups is 3. The largest absolute Gasteiger partial charge is 0.482 e. The molecule has 3 N–H and O–H groups in total. The summed E-state index contributed by atoms with van der Waals surface area (Å²) >= 11 is 12.6. The minimum Gasteiger partial charge on any atom is -0.482 e. The van der Waals surface area contributed by atoms with Gasteiger partial charge in [-0.15, -0.1) is 0 Å². The van der Waals surface area contributed by atoms with Gasteiger partial charge in [-0.05, 0) is 65.4 Å². The van der Waals surface area contributed by atoms with Crippen molar-refractivity contribution in [2.24, 2.45) is 5.41 Å². The van der Waals surface area contributed by atoms with E-state index in [0.29, 0.717) is 34.1 Å². The Kier molecular flexibility index (Phi) is 8.44. The monoisotopic (exact) mass is 627 g/mol. The van der Waals surface area contributed by atoms with Gasteiger partial charge in [0, 0.05) is 28.4 Å². The van der Waals surface area contributed by atoms with Gasteiger partial charge < -0.3 is 25.4 Å². The molecule has 1 unspecified atom stereocenters. The van der Waals surface area contributed by atoms with E-state index in [0.717, 1.165) is 0 Å². The summed E-state index contributed by atoms with van der Waals surface area (Å²) in [5, 5.41) is 9.63. The number of esters is 1. The first kappa shape index (κ1) is 30.8. The van der Waals surface area contributed by atoms with Crippen LogP contribution in [0.4, 0.5) is 15.8 Å². The van der Waals surface area contributed by atoms with Gasteiger partial charge >= 0.3 is 5.97 Å². The van der Waals surface area contributed by atoms with E-state index in [1.54, 1.807) is 54.6 Å². The van der Waals surface area contributed by atoms with Crippen LogP contribution in [-0.2, 0) is 24.5 Å². The Labute approximate surface area is 259 Å². The number of methoxy groups -OCH3 is 1. The van der Waals surface area contributed by atoms with Crippen molar-refractivity contribution in [1.29, 1.82) is 0 Å². The van der Waals surface area contributed by atoms with Crippen LogP contribution in [0.25, 0.3) is 0 Å². The Bertz CT molecular complexity index is 1580. The molecule has 0 aromatic heterocycles. The molecule has 1 fully saturated rings. The van der Waals surface area contributed by atoms with Gasteiger partial charge in [0.05, 0.1) is 18.2 Å². The molecule has 0 radical (unpaired) electrons. The van der Waals surface area contributed by atoms with Crippen molar-refractivity contribution in [2.75, 3.05) is 24.4 Å². The maximum Gasteiger partial charge on any atom is 0.343 e. The molecule has 8 nitrogen and oxygen atoms in total. The maximum atomic E-state index is 15.9. The molecular weight excluding hydrogens is 596 g/mol. The molecule has 1 spiro atoms. The van der Waals surface area contributed by atoms with E-state index in [9.17, 15) is 14.4 Å². The second kappa shape index (κ2) is 11.8. The number of carbonyl (C=O) groups excluding carboxylic acids is 3. The summed E-state index contributed by atoms with van der Waals surface area (Å²) in [6.45, 7) is 5.88. The number of halogens is 3. The van der Waals surface area contributed by atoms with Crippen molar-refractivity contribution in [2.45, 2.75) is 50.6 Å². The first-order valence-electron chi connectivity index (χ1n) is 13.8. The number of benzene rings is 3. The maximum absolute atomic E-state index is 15.9. The fraction of sp³-hybridized carbons (Fsp3) is 0.344. The number of amides is 2. The van der Waals surface area contributed by atoms with E-state index in [1.165, 1.54) is 13.2 Å². The second-order valence-corrected chi connectivity index (χ2v) is 12.8. The van der Waals surface area contributed by atoms with Crippen LogP contribution in [0.5, 0.6) is 5.75 Å². The molecule has 5 rings (SSSR count). The average Bonchev–Trinajstić information content (AvgIpc) is 3.42. The van der Waals surface area contributed by atoms with E-state index >= 15 is 4.39 Å². The molecule has 3 aromatic rings. The SMILES string of the molecule is COC(=O)COc1ccc(NC(=O)[C@@H]2N[C@@H](CC(C)(C)C)C3(C(=O)Nc4cc(Cl)ccc43)[C@@H]2c2cccc(Cl)c2F)cc1. The molecule has 11 heteroatoms. The first-order valence-corrected chi connectivity index (χ1v) is 14.5. The molecule has 2 heterocycles. The summed E-state index contributed by atoms with van der Waals surface area (Å²) in [5.74, 6) is -2.58. The van der Waals surface area contributed by atoms with Crippen molar-refractivity contribution < 1.29 is 28.2 Å². The molecule has 43 heavy (non-hydrogen) atoms. The van der Waals surface area contributed by atoms with Crippen molar-refractivity contribution >= 4 is 52.4 Å². The topological polar surface area (TPSA) is 106 Å². The number of hydrogen-bond acceptors (Lipinski definition) is 6. The predicted molar refractivity (Wildman–Crippen MR) is 163 cm³/mol. The number of hydrogen-bond donors (Lipinski definition) is 3. The van der Waals surface area contributed by atoms with Crippen LogP contribution in [0.3, 0.4) is 0 Å². The molecule has 3 aromatic carbocycles. The van der Waals surface area contributed by atoms with Crippen LogP contribution in [0.15, 0.2) is 60.7 Å². The van der Waals surface area contributed by atoms with Crippen molar-refractivity contribution in [1.82, 2.24) is 5.32 Å². The highest BCUT2D eigenvalue weighted by Crippen LogP contribution is 2.57. The Morgan fingerprint density at radius 1 is 1.07 bits per heavy atom. The van der Waals surface area contributed by atoms with Gasteiger partial charge in [0.25, 0.3) is 0 Å². The highest BCUT2D eigenvalue weighted by molar-refractivity contribution is 6.31. The number of fused-ring (bicyclic) bond motifs is 2. The Morgan fingerprint density at radius 3 is 2.47 bits per heavy atom. The normalized spacial score (nSPS) is 22.7. The van der Waals surface area contributed by atoms with E-state index in [2.05, 4.69) is 20.7 Å². The standard InChI is InChI=1S/C32H32Cl2FN3O5/c1-31(2,3)15-24-32(21-13-8-17(33)14-23(21)37-30(32)41)26(20-6-5-7-22(34)27(20)35)28(38-24)29(40)36-18-9-11-19(12-10-18)43-16-25(39)42-4/h5-14,24,26,28,38H,15-16H2,1-4H3,(H,36,40)(H,37,41)/t24-,26+,28+,32?/m0/s1. The lowest BCUT2D eigenvalue weighted by Gasteiger charge is -2.37. The lowest BCUT2D eigenvalue weighted by Crippen LogP contribution is -2.49. The Balaban J connectivity index is 1.59. The third kappa shape index (κ3) is 5.81. The van der Waals surface area contributed by atoms with Gasteiger partial charge in [-0.3, -0.25) is 9.59 Å². The van der Waals surface area contributed by atoms with Gasteiger partial charge in [-0.2, -0.15) is 0 Å². The van der Waals surface area contributed by atoms with E-state index in [-0.39, 0.29) is 28.5 Å². The average molecular weight is 629 g/mol.